The van der Waals surface area contributed by atoms with Gasteiger partial charge in [-0.15, -0.1) is 0 Å². The van der Waals surface area contributed by atoms with E-state index in [1.807, 2.05) is 4.90 Å². The zero-order valence-electron chi connectivity index (χ0n) is 12.7. The maximum absolute atomic E-state index is 14.3. The van der Waals surface area contributed by atoms with Crippen molar-refractivity contribution in [3.8, 4) is 0 Å². The van der Waals surface area contributed by atoms with Gasteiger partial charge in [-0.1, -0.05) is 0 Å². The number of amides is 1. The fourth-order valence-corrected chi connectivity index (χ4v) is 2.78. The summed E-state index contributed by atoms with van der Waals surface area (Å²) in [5.74, 6) is -1.14. The van der Waals surface area contributed by atoms with Crippen LogP contribution in [-0.2, 0) is 0 Å². The molecule has 3 rings (SSSR count). The lowest BCUT2D eigenvalue weighted by Crippen LogP contribution is -2.30. The van der Waals surface area contributed by atoms with Gasteiger partial charge >= 0.3 is 0 Å². The Labute approximate surface area is 133 Å². The minimum absolute atomic E-state index is 0.326. The van der Waals surface area contributed by atoms with Gasteiger partial charge in [0.2, 0.25) is 0 Å². The van der Waals surface area contributed by atoms with E-state index in [1.54, 1.807) is 12.1 Å². The Hall–Kier alpha value is -2.43. The number of carbonyl (C=O) groups excluding carboxylic acids is 1. The van der Waals surface area contributed by atoms with Crippen LogP contribution in [0.15, 0.2) is 42.5 Å². The molecule has 0 spiro atoms. The molecule has 1 aliphatic heterocycles. The zero-order chi connectivity index (χ0) is 16.2. The lowest BCUT2D eigenvalue weighted by Gasteiger charge is -2.29. The Morgan fingerprint density at radius 2 is 1.65 bits per heavy atom. The highest BCUT2D eigenvalue weighted by atomic mass is 19.1. The van der Waals surface area contributed by atoms with Gasteiger partial charge in [-0.25, -0.2) is 8.78 Å². The Kier molecular flexibility index (Phi) is 4.55. The van der Waals surface area contributed by atoms with Crippen LogP contribution in [0.25, 0.3) is 0 Å². The van der Waals surface area contributed by atoms with E-state index in [0.717, 1.165) is 25.9 Å². The van der Waals surface area contributed by atoms with Crippen LogP contribution in [-0.4, -0.2) is 19.0 Å². The van der Waals surface area contributed by atoms with E-state index in [1.165, 1.54) is 36.8 Å². The van der Waals surface area contributed by atoms with Crippen molar-refractivity contribution >= 4 is 17.3 Å². The van der Waals surface area contributed by atoms with E-state index >= 15 is 0 Å². The maximum atomic E-state index is 14.3. The van der Waals surface area contributed by atoms with Gasteiger partial charge in [0, 0.05) is 24.3 Å². The van der Waals surface area contributed by atoms with Crippen LogP contribution in [0.5, 0.6) is 0 Å². The Morgan fingerprint density at radius 3 is 2.30 bits per heavy atom. The summed E-state index contributed by atoms with van der Waals surface area (Å²) in [5, 5.41) is 2.63. The summed E-state index contributed by atoms with van der Waals surface area (Å²) in [7, 11) is 0. The molecule has 3 nitrogen and oxygen atoms in total. The first-order chi connectivity index (χ1) is 11.1. The molecule has 1 saturated heterocycles. The lowest BCUT2D eigenvalue weighted by molar-refractivity contribution is 0.102. The highest BCUT2D eigenvalue weighted by molar-refractivity contribution is 6.04. The molecule has 120 valence electrons. The fraction of sp³-hybridized carbons (Fsp3) is 0.278. The van der Waals surface area contributed by atoms with E-state index < -0.39 is 11.7 Å². The Bertz CT molecular complexity index is 695. The van der Waals surface area contributed by atoms with Crippen molar-refractivity contribution in [2.75, 3.05) is 23.3 Å². The number of halogens is 2. The molecular formula is C18H18F2N2O. The van der Waals surface area contributed by atoms with E-state index in [4.69, 9.17) is 0 Å². The quantitative estimate of drug-likeness (QED) is 0.920. The van der Waals surface area contributed by atoms with Gasteiger partial charge in [0.15, 0.2) is 0 Å². The van der Waals surface area contributed by atoms with E-state index in [-0.39, 0.29) is 5.82 Å². The van der Waals surface area contributed by atoms with Gasteiger partial charge < -0.3 is 10.2 Å². The van der Waals surface area contributed by atoms with Crippen LogP contribution in [0.3, 0.4) is 0 Å². The molecule has 23 heavy (non-hydrogen) atoms. The second kappa shape index (κ2) is 6.77. The molecule has 1 fully saturated rings. The standard InChI is InChI=1S/C18H18F2N2O/c19-14-6-4-13(5-7-14)18(23)21-15-8-9-17(16(20)12-15)22-10-2-1-3-11-22/h4-9,12H,1-3,10-11H2,(H,21,23). The van der Waals surface area contributed by atoms with Crippen molar-refractivity contribution in [1.29, 1.82) is 0 Å². The van der Waals surface area contributed by atoms with Gasteiger partial charge in [0.1, 0.15) is 11.6 Å². The summed E-state index contributed by atoms with van der Waals surface area (Å²) in [6.45, 7) is 1.72. The SMILES string of the molecule is O=C(Nc1ccc(N2CCCCC2)c(F)c1)c1ccc(F)cc1. The van der Waals surface area contributed by atoms with Gasteiger partial charge in [-0.05, 0) is 61.7 Å². The zero-order valence-corrected chi connectivity index (χ0v) is 12.7. The smallest absolute Gasteiger partial charge is 0.255 e. The number of nitrogens with zero attached hydrogens (tertiary/aromatic N) is 1. The summed E-state index contributed by atoms with van der Waals surface area (Å²) in [6, 6.07) is 9.93. The molecular weight excluding hydrogens is 298 g/mol. The van der Waals surface area contributed by atoms with Crippen LogP contribution >= 0.6 is 0 Å². The molecule has 1 aliphatic rings. The number of nitrogens with one attached hydrogen (secondary N) is 1. The number of anilines is 2. The normalized spacial score (nSPS) is 14.6. The number of benzene rings is 2. The first-order valence-corrected chi connectivity index (χ1v) is 7.75. The summed E-state index contributed by atoms with van der Waals surface area (Å²) < 4.78 is 27.2. The molecule has 0 aromatic heterocycles. The Morgan fingerprint density at radius 1 is 0.957 bits per heavy atom. The van der Waals surface area contributed by atoms with E-state index in [0.29, 0.717) is 16.9 Å². The number of hydrogen-bond acceptors (Lipinski definition) is 2. The van der Waals surface area contributed by atoms with Gasteiger partial charge in [-0.2, -0.15) is 0 Å². The summed E-state index contributed by atoms with van der Waals surface area (Å²) in [5.41, 5.74) is 1.29. The second-order valence-corrected chi connectivity index (χ2v) is 5.67. The highest BCUT2D eigenvalue weighted by Gasteiger charge is 2.15. The van der Waals surface area contributed by atoms with Crippen LogP contribution in [0.2, 0.25) is 0 Å². The molecule has 0 saturated carbocycles. The average molecular weight is 316 g/mol. The minimum atomic E-state index is -0.404. The predicted octanol–water partition coefficient (Wildman–Crippen LogP) is 4.21. The average Bonchev–Trinajstić information content (AvgIpc) is 2.56. The monoisotopic (exact) mass is 316 g/mol. The topological polar surface area (TPSA) is 32.3 Å². The van der Waals surface area contributed by atoms with Gasteiger partial charge in [-0.3, -0.25) is 4.79 Å². The van der Waals surface area contributed by atoms with Crippen LogP contribution in [0, 0.1) is 11.6 Å². The fourth-order valence-electron chi connectivity index (χ4n) is 2.78. The lowest BCUT2D eigenvalue weighted by atomic mass is 10.1. The van der Waals surface area contributed by atoms with Crippen LogP contribution < -0.4 is 10.2 Å². The molecule has 0 radical (unpaired) electrons. The van der Waals surface area contributed by atoms with Crippen molar-refractivity contribution in [2.24, 2.45) is 0 Å². The van der Waals surface area contributed by atoms with Crippen molar-refractivity contribution < 1.29 is 13.6 Å². The molecule has 0 bridgehead atoms. The Balaban J connectivity index is 1.72. The molecule has 0 aliphatic carbocycles. The van der Waals surface area contributed by atoms with E-state index in [9.17, 15) is 13.6 Å². The second-order valence-electron chi connectivity index (χ2n) is 5.67. The third-order valence-electron chi connectivity index (χ3n) is 4.01. The molecule has 1 amide bonds. The molecule has 0 atom stereocenters. The summed E-state index contributed by atoms with van der Waals surface area (Å²) >= 11 is 0. The van der Waals surface area contributed by atoms with Crippen molar-refractivity contribution in [3.05, 3.63) is 59.7 Å². The third-order valence-corrected chi connectivity index (χ3v) is 4.01. The minimum Gasteiger partial charge on any atom is -0.369 e. The van der Waals surface area contributed by atoms with Crippen molar-refractivity contribution in [2.45, 2.75) is 19.3 Å². The molecule has 5 heteroatoms. The van der Waals surface area contributed by atoms with Gasteiger partial charge in [0.25, 0.3) is 5.91 Å². The van der Waals surface area contributed by atoms with Crippen molar-refractivity contribution in [1.82, 2.24) is 0 Å². The number of rotatable bonds is 3. The molecule has 1 heterocycles. The van der Waals surface area contributed by atoms with Crippen LogP contribution in [0.4, 0.5) is 20.2 Å². The van der Waals surface area contributed by atoms with Gasteiger partial charge in [0.05, 0.1) is 5.69 Å². The predicted molar refractivity (Wildman–Crippen MR) is 86.8 cm³/mol. The summed E-state index contributed by atoms with van der Waals surface area (Å²) in [6.07, 6.45) is 3.33. The highest BCUT2D eigenvalue weighted by Crippen LogP contribution is 2.26. The van der Waals surface area contributed by atoms with Crippen molar-refractivity contribution in [3.63, 3.8) is 0 Å². The number of piperidine rings is 1. The maximum Gasteiger partial charge on any atom is 0.255 e. The first kappa shape index (κ1) is 15.5. The van der Waals surface area contributed by atoms with E-state index in [2.05, 4.69) is 5.32 Å². The first-order valence-electron chi connectivity index (χ1n) is 7.75. The number of hydrogen-bond donors (Lipinski definition) is 1. The molecule has 0 unspecified atom stereocenters. The van der Waals surface area contributed by atoms with Crippen LogP contribution in [0.1, 0.15) is 29.6 Å². The molecule has 1 N–H and O–H groups in total. The molecule has 2 aromatic rings. The number of carbonyl (C=O) groups is 1. The molecule has 2 aromatic carbocycles. The third kappa shape index (κ3) is 3.67. The summed E-state index contributed by atoms with van der Waals surface area (Å²) in [4.78, 5) is 14.1. The largest absolute Gasteiger partial charge is 0.369 e.